The second kappa shape index (κ2) is 5.92. The standard InChI is InChI=1S/C7H10N2O3S2/c1-12-6(11)9-5(10)4-14-7-8-2-3-13-7/h2-4H2,1H3,(H,9,10,11). The minimum Gasteiger partial charge on any atom is -0.453 e. The average Bonchev–Trinajstić information content (AvgIpc) is 2.67. The van der Waals surface area contributed by atoms with Gasteiger partial charge < -0.3 is 4.74 Å². The maximum atomic E-state index is 11.1. The van der Waals surface area contributed by atoms with Crippen LogP contribution in [0.2, 0.25) is 0 Å². The van der Waals surface area contributed by atoms with E-state index in [4.69, 9.17) is 0 Å². The van der Waals surface area contributed by atoms with Gasteiger partial charge in [-0.05, 0) is 0 Å². The molecule has 0 saturated heterocycles. The molecule has 0 aliphatic carbocycles. The predicted octanol–water partition coefficient (Wildman–Crippen LogP) is 0.705. The van der Waals surface area contributed by atoms with Crippen molar-refractivity contribution in [3.8, 4) is 0 Å². The number of amides is 2. The van der Waals surface area contributed by atoms with E-state index in [0.717, 1.165) is 16.7 Å². The lowest BCUT2D eigenvalue weighted by atomic mass is 10.7. The molecule has 7 heteroatoms. The van der Waals surface area contributed by atoms with Crippen LogP contribution in [0.25, 0.3) is 0 Å². The van der Waals surface area contributed by atoms with Crippen LogP contribution >= 0.6 is 23.5 Å². The quantitative estimate of drug-likeness (QED) is 0.762. The second-order valence-corrected chi connectivity index (χ2v) is 4.63. The first-order valence-corrected chi connectivity index (χ1v) is 5.87. The SMILES string of the molecule is COC(=O)NC(=O)CSC1=NCCS1. The van der Waals surface area contributed by atoms with Crippen molar-refractivity contribution in [1.82, 2.24) is 5.32 Å². The molecule has 0 fully saturated rings. The summed E-state index contributed by atoms with van der Waals surface area (Å²) >= 11 is 2.96. The van der Waals surface area contributed by atoms with Gasteiger partial charge in [0.2, 0.25) is 5.91 Å². The number of hydrogen-bond acceptors (Lipinski definition) is 6. The summed E-state index contributed by atoms with van der Waals surface area (Å²) in [6.07, 6.45) is -0.725. The molecule has 14 heavy (non-hydrogen) atoms. The Kier molecular flexibility index (Phi) is 4.81. The number of nitrogens with one attached hydrogen (secondary N) is 1. The molecule has 0 aromatic heterocycles. The Hall–Kier alpha value is -0.690. The van der Waals surface area contributed by atoms with Crippen LogP contribution in [-0.2, 0) is 9.53 Å². The smallest absolute Gasteiger partial charge is 0.413 e. The fraction of sp³-hybridized carbons (Fsp3) is 0.571. The van der Waals surface area contributed by atoms with Crippen LogP contribution in [0.4, 0.5) is 4.79 Å². The lowest BCUT2D eigenvalue weighted by Crippen LogP contribution is -2.31. The maximum absolute atomic E-state index is 11.1. The van der Waals surface area contributed by atoms with Gasteiger partial charge in [0.15, 0.2) is 0 Å². The summed E-state index contributed by atoms with van der Waals surface area (Å²) in [7, 11) is 1.21. The van der Waals surface area contributed by atoms with Gasteiger partial charge in [-0.2, -0.15) is 0 Å². The first-order valence-electron chi connectivity index (χ1n) is 3.90. The Morgan fingerprint density at radius 1 is 1.71 bits per heavy atom. The summed E-state index contributed by atoms with van der Waals surface area (Å²) in [5, 5.41) is 2.07. The average molecular weight is 234 g/mol. The summed E-state index contributed by atoms with van der Waals surface area (Å²) in [5.41, 5.74) is 0. The lowest BCUT2D eigenvalue weighted by Gasteiger charge is -2.01. The van der Waals surface area contributed by atoms with Crippen LogP contribution in [0, 0.1) is 0 Å². The molecule has 5 nitrogen and oxygen atoms in total. The number of alkyl carbamates (subject to hydrolysis) is 1. The Morgan fingerprint density at radius 2 is 2.50 bits per heavy atom. The van der Waals surface area contributed by atoms with E-state index in [2.05, 4.69) is 15.0 Å². The van der Waals surface area contributed by atoms with E-state index in [1.54, 1.807) is 11.8 Å². The van der Waals surface area contributed by atoms with Crippen molar-refractivity contribution in [2.45, 2.75) is 0 Å². The first-order chi connectivity index (χ1) is 6.72. The van der Waals surface area contributed by atoms with Crippen LogP contribution < -0.4 is 5.32 Å². The van der Waals surface area contributed by atoms with E-state index in [1.165, 1.54) is 18.9 Å². The lowest BCUT2D eigenvalue weighted by molar-refractivity contribution is -0.117. The highest BCUT2D eigenvalue weighted by Crippen LogP contribution is 2.21. The molecule has 1 heterocycles. The minimum absolute atomic E-state index is 0.195. The van der Waals surface area contributed by atoms with Crippen LogP contribution in [0.3, 0.4) is 0 Å². The predicted molar refractivity (Wildman–Crippen MR) is 57.8 cm³/mol. The van der Waals surface area contributed by atoms with E-state index in [9.17, 15) is 9.59 Å². The molecule has 78 valence electrons. The highest BCUT2D eigenvalue weighted by Gasteiger charge is 2.12. The van der Waals surface area contributed by atoms with Gasteiger partial charge in [0.05, 0.1) is 19.4 Å². The van der Waals surface area contributed by atoms with Crippen LogP contribution in [0.15, 0.2) is 4.99 Å². The minimum atomic E-state index is -0.725. The highest BCUT2D eigenvalue weighted by atomic mass is 32.2. The van der Waals surface area contributed by atoms with Gasteiger partial charge in [-0.25, -0.2) is 4.79 Å². The topological polar surface area (TPSA) is 67.8 Å². The molecule has 1 N–H and O–H groups in total. The van der Waals surface area contributed by atoms with Crippen molar-refractivity contribution in [2.75, 3.05) is 25.2 Å². The molecular weight excluding hydrogens is 224 g/mol. The molecule has 0 bridgehead atoms. The van der Waals surface area contributed by atoms with Crippen LogP contribution in [0.5, 0.6) is 0 Å². The molecule has 0 spiro atoms. The molecule has 0 saturated carbocycles. The Morgan fingerprint density at radius 3 is 3.07 bits per heavy atom. The number of aliphatic imine (C=N–C) groups is 1. The number of nitrogens with zero attached hydrogens (tertiary/aromatic N) is 1. The number of carbonyl (C=O) groups excluding carboxylic acids is 2. The Labute approximate surface area is 90.1 Å². The zero-order chi connectivity index (χ0) is 10.4. The zero-order valence-electron chi connectivity index (χ0n) is 7.61. The zero-order valence-corrected chi connectivity index (χ0v) is 9.24. The van der Waals surface area contributed by atoms with Gasteiger partial charge in [-0.15, -0.1) is 0 Å². The second-order valence-electron chi connectivity index (χ2n) is 2.32. The van der Waals surface area contributed by atoms with Gasteiger partial charge in [-0.1, -0.05) is 23.5 Å². The fourth-order valence-electron chi connectivity index (χ4n) is 0.731. The maximum Gasteiger partial charge on any atom is 0.413 e. The highest BCUT2D eigenvalue weighted by molar-refractivity contribution is 8.39. The van der Waals surface area contributed by atoms with Crippen molar-refractivity contribution in [3.63, 3.8) is 0 Å². The third-order valence-corrected chi connectivity index (χ3v) is 3.56. The Balaban J connectivity index is 2.17. The number of rotatable bonds is 2. The van der Waals surface area contributed by atoms with E-state index in [-0.39, 0.29) is 11.7 Å². The number of hydrogen-bond donors (Lipinski definition) is 1. The van der Waals surface area contributed by atoms with E-state index < -0.39 is 6.09 Å². The van der Waals surface area contributed by atoms with E-state index >= 15 is 0 Å². The monoisotopic (exact) mass is 234 g/mol. The van der Waals surface area contributed by atoms with Crippen LogP contribution in [-0.4, -0.2) is 41.5 Å². The molecule has 1 aliphatic rings. The van der Waals surface area contributed by atoms with Gasteiger partial charge in [-0.3, -0.25) is 15.1 Å². The van der Waals surface area contributed by atoms with Crippen molar-refractivity contribution in [2.24, 2.45) is 4.99 Å². The first kappa shape index (κ1) is 11.4. The number of imide groups is 1. The van der Waals surface area contributed by atoms with Gasteiger partial charge >= 0.3 is 6.09 Å². The molecular formula is C7H10N2O3S2. The molecule has 1 rings (SSSR count). The summed E-state index contributed by atoms with van der Waals surface area (Å²) in [6, 6.07) is 0. The van der Waals surface area contributed by atoms with Crippen molar-refractivity contribution in [1.29, 1.82) is 0 Å². The van der Waals surface area contributed by atoms with E-state index in [1.807, 2.05) is 0 Å². The summed E-state index contributed by atoms with van der Waals surface area (Å²) < 4.78 is 5.18. The summed E-state index contributed by atoms with van der Waals surface area (Å²) in [5.74, 6) is 0.805. The number of thioether (sulfide) groups is 2. The van der Waals surface area contributed by atoms with Gasteiger partial charge in [0.25, 0.3) is 0 Å². The molecule has 0 aromatic rings. The summed E-state index contributed by atoms with van der Waals surface area (Å²) in [4.78, 5) is 25.8. The molecule has 0 aromatic carbocycles. The molecule has 1 aliphatic heterocycles. The number of carbonyl (C=O) groups is 2. The molecule has 0 radical (unpaired) electrons. The summed E-state index contributed by atoms with van der Waals surface area (Å²) in [6.45, 7) is 0.811. The van der Waals surface area contributed by atoms with Crippen molar-refractivity contribution >= 4 is 39.9 Å². The molecule has 0 atom stereocenters. The third-order valence-electron chi connectivity index (χ3n) is 1.31. The van der Waals surface area contributed by atoms with Crippen molar-refractivity contribution in [3.05, 3.63) is 0 Å². The van der Waals surface area contributed by atoms with E-state index in [0.29, 0.717) is 0 Å². The van der Waals surface area contributed by atoms with Gasteiger partial charge in [0.1, 0.15) is 4.38 Å². The molecule has 0 unspecified atom stereocenters. The molecule has 2 amide bonds. The largest absolute Gasteiger partial charge is 0.453 e. The van der Waals surface area contributed by atoms with Crippen molar-refractivity contribution < 1.29 is 14.3 Å². The normalized spacial score (nSPS) is 14.8. The van der Waals surface area contributed by atoms with Crippen LogP contribution in [0.1, 0.15) is 0 Å². The Bertz CT molecular complexity index is 268. The van der Waals surface area contributed by atoms with Gasteiger partial charge in [0, 0.05) is 5.75 Å². The number of methoxy groups -OCH3 is 1. The fourth-order valence-corrected chi connectivity index (χ4v) is 2.54. The number of ether oxygens (including phenoxy) is 1. The third kappa shape index (κ3) is 4.01.